The summed E-state index contributed by atoms with van der Waals surface area (Å²) < 4.78 is 27.9. The molecule has 0 bridgehead atoms. The Morgan fingerprint density at radius 2 is 1.90 bits per heavy atom. The maximum Gasteiger partial charge on any atom is 0.338 e. The highest BCUT2D eigenvalue weighted by molar-refractivity contribution is 7.18. The van der Waals surface area contributed by atoms with Crippen molar-refractivity contribution < 1.29 is 18.7 Å². The van der Waals surface area contributed by atoms with Gasteiger partial charge in [0.15, 0.2) is 0 Å². The number of anilines is 1. The molecule has 0 atom stereocenters. The largest absolute Gasteiger partial charge is 0.478 e. The molecule has 0 radical (unpaired) electrons. The van der Waals surface area contributed by atoms with Gasteiger partial charge in [-0.2, -0.15) is 5.26 Å². The van der Waals surface area contributed by atoms with Gasteiger partial charge in [-0.1, -0.05) is 23.4 Å². The fourth-order valence-corrected chi connectivity index (χ4v) is 7.85. The van der Waals surface area contributed by atoms with Gasteiger partial charge in [0.1, 0.15) is 23.3 Å². The molecule has 0 aliphatic heterocycles. The van der Waals surface area contributed by atoms with E-state index in [1.165, 1.54) is 22.1 Å². The minimum absolute atomic E-state index is 0.0158. The Morgan fingerprint density at radius 3 is 2.60 bits per heavy atom. The van der Waals surface area contributed by atoms with Gasteiger partial charge in [-0.25, -0.2) is 23.5 Å². The fraction of sp³-hybridized carbons (Fsp3) is 0.333. The lowest BCUT2D eigenvalue weighted by Crippen LogP contribution is -2.43. The van der Waals surface area contributed by atoms with E-state index in [0.29, 0.717) is 43.5 Å². The number of aromatic carboxylic acids is 1. The van der Waals surface area contributed by atoms with Gasteiger partial charge < -0.3 is 10.0 Å². The molecule has 0 unspecified atom stereocenters. The van der Waals surface area contributed by atoms with E-state index in [1.54, 1.807) is 54.7 Å². The van der Waals surface area contributed by atoms with Crippen LogP contribution in [0, 0.1) is 30.1 Å². The van der Waals surface area contributed by atoms with Crippen molar-refractivity contribution in [3.05, 3.63) is 79.9 Å². The topological polar surface area (TPSA) is 128 Å². The summed E-state index contributed by atoms with van der Waals surface area (Å²) in [7, 11) is 3.56. The first-order chi connectivity index (χ1) is 24.0. The van der Waals surface area contributed by atoms with Gasteiger partial charge in [-0.15, -0.1) is 11.3 Å². The number of carboxylic acids is 1. The molecule has 1 N–H and O–H groups in total. The van der Waals surface area contributed by atoms with Crippen molar-refractivity contribution in [2.45, 2.75) is 57.7 Å². The molecule has 256 valence electrons. The second-order valence-electron chi connectivity index (χ2n) is 12.3. The lowest BCUT2D eigenvalue weighted by molar-refractivity contribution is 0.0686. The predicted molar refractivity (Wildman–Crippen MR) is 190 cm³/mol. The molecule has 1 aromatic carbocycles. The molecular weight excluding hydrogens is 684 g/mol. The van der Waals surface area contributed by atoms with Crippen LogP contribution in [-0.2, 0) is 6.54 Å². The first-order valence-corrected chi connectivity index (χ1v) is 17.1. The van der Waals surface area contributed by atoms with Crippen LogP contribution in [0.3, 0.4) is 0 Å². The van der Waals surface area contributed by atoms with Crippen LogP contribution in [0.25, 0.3) is 32.2 Å². The highest BCUT2D eigenvalue weighted by Crippen LogP contribution is 2.37. The summed E-state index contributed by atoms with van der Waals surface area (Å²) in [4.78, 5) is 42.8. The van der Waals surface area contributed by atoms with Crippen molar-refractivity contribution >= 4 is 55.8 Å². The summed E-state index contributed by atoms with van der Waals surface area (Å²) in [5.74, 6) is 5.94. The molecule has 1 aliphatic carbocycles. The van der Waals surface area contributed by atoms with Gasteiger partial charge in [0.05, 0.1) is 46.0 Å². The second-order valence-corrected chi connectivity index (χ2v) is 13.6. The SMILES string of the molecule is Cc1nc2cnc(N(C)C3CCC(N(C)CC(F)F)CC3)c(C#N)c2c(=O)n1CC#Cc1ccc(Cl)cc1-c1ccnc2c(C(=O)O)csc12. The lowest BCUT2D eigenvalue weighted by atomic mass is 9.89. The van der Waals surface area contributed by atoms with Crippen LogP contribution in [0.5, 0.6) is 0 Å². The minimum Gasteiger partial charge on any atom is -0.478 e. The summed E-state index contributed by atoms with van der Waals surface area (Å²) in [5.41, 5.74) is 2.55. The monoisotopic (exact) mass is 715 g/mol. The Morgan fingerprint density at radius 1 is 1.16 bits per heavy atom. The van der Waals surface area contributed by atoms with E-state index >= 15 is 0 Å². The van der Waals surface area contributed by atoms with Crippen molar-refractivity contribution in [3.63, 3.8) is 0 Å². The maximum absolute atomic E-state index is 14.0. The average Bonchev–Trinajstić information content (AvgIpc) is 3.54. The number of halogens is 3. The second kappa shape index (κ2) is 14.5. The Labute approximate surface area is 295 Å². The van der Waals surface area contributed by atoms with Gasteiger partial charge >= 0.3 is 5.97 Å². The predicted octanol–water partition coefficient (Wildman–Crippen LogP) is 6.60. The van der Waals surface area contributed by atoms with Gasteiger partial charge in [-0.05, 0) is 63.9 Å². The number of rotatable bonds is 8. The molecule has 1 fully saturated rings. The standard InChI is InChI=1S/C36H32ClF2N7O3S/c1-20-43-29-17-42-34(45(3)24-10-8-23(9-11-24)44(2)18-30(38)39)27(16-40)31(29)35(47)46(20)14-4-5-21-6-7-22(37)15-26(21)25-12-13-41-32-28(36(48)49)19-50-33(25)32/h6-7,12-13,15,17,19,23-24,30H,8-11,14,18H2,1-3H3,(H,48,49). The number of nitrogens with zero attached hydrogens (tertiary/aromatic N) is 7. The van der Waals surface area contributed by atoms with E-state index < -0.39 is 18.0 Å². The van der Waals surface area contributed by atoms with Crippen LogP contribution >= 0.6 is 22.9 Å². The summed E-state index contributed by atoms with van der Waals surface area (Å²) in [6, 6.07) is 9.29. The Bertz CT molecular complexity index is 2280. The highest BCUT2D eigenvalue weighted by atomic mass is 35.5. The molecular formula is C36H32ClF2N7O3S. The molecule has 14 heteroatoms. The summed E-state index contributed by atoms with van der Waals surface area (Å²) in [6.45, 7) is 1.41. The number of hydrogen-bond acceptors (Lipinski definition) is 9. The number of alkyl halides is 2. The van der Waals surface area contributed by atoms with Crippen molar-refractivity contribution in [3.8, 4) is 29.0 Å². The van der Waals surface area contributed by atoms with Crippen LogP contribution in [0.1, 0.15) is 53.0 Å². The molecule has 4 heterocycles. The van der Waals surface area contributed by atoms with E-state index in [9.17, 15) is 28.7 Å². The normalized spacial score (nSPS) is 16.1. The summed E-state index contributed by atoms with van der Waals surface area (Å²) in [6.07, 6.45) is 3.60. The lowest BCUT2D eigenvalue weighted by Gasteiger charge is -2.38. The number of aryl methyl sites for hydroxylation is 1. The van der Waals surface area contributed by atoms with E-state index in [4.69, 9.17) is 11.6 Å². The van der Waals surface area contributed by atoms with E-state index in [2.05, 4.69) is 32.9 Å². The van der Waals surface area contributed by atoms with Crippen LogP contribution in [0.2, 0.25) is 5.02 Å². The van der Waals surface area contributed by atoms with Crippen molar-refractivity contribution in [1.82, 2.24) is 24.4 Å². The van der Waals surface area contributed by atoms with Gasteiger partial charge in [0.2, 0.25) is 0 Å². The fourth-order valence-electron chi connectivity index (χ4n) is 6.65. The molecule has 5 aromatic rings. The molecule has 1 aliphatic rings. The number of carboxylic acid groups (broad SMARTS) is 1. The summed E-state index contributed by atoms with van der Waals surface area (Å²) in [5, 5.41) is 22.1. The molecule has 6 rings (SSSR count). The smallest absolute Gasteiger partial charge is 0.338 e. The summed E-state index contributed by atoms with van der Waals surface area (Å²) >= 11 is 7.65. The van der Waals surface area contributed by atoms with Crippen LogP contribution in [0.15, 0.2) is 46.8 Å². The molecule has 50 heavy (non-hydrogen) atoms. The zero-order valence-corrected chi connectivity index (χ0v) is 29.0. The van der Waals surface area contributed by atoms with Crippen molar-refractivity contribution in [2.24, 2.45) is 0 Å². The van der Waals surface area contributed by atoms with E-state index in [1.807, 2.05) is 11.9 Å². The number of benzene rings is 1. The number of nitriles is 1. The van der Waals surface area contributed by atoms with Crippen molar-refractivity contribution in [1.29, 1.82) is 5.26 Å². The Hall–Kier alpha value is -4.95. The molecule has 10 nitrogen and oxygen atoms in total. The number of aromatic nitrogens is 4. The van der Waals surface area contributed by atoms with Crippen LogP contribution in [0.4, 0.5) is 14.6 Å². The van der Waals surface area contributed by atoms with Gasteiger partial charge in [0, 0.05) is 52.4 Å². The average molecular weight is 716 g/mol. The zero-order chi connectivity index (χ0) is 35.7. The first kappa shape index (κ1) is 34.9. The molecule has 4 aromatic heterocycles. The molecule has 0 amide bonds. The minimum atomic E-state index is -2.39. The van der Waals surface area contributed by atoms with E-state index in [-0.39, 0.29) is 41.7 Å². The quantitative estimate of drug-likeness (QED) is 0.177. The number of carbonyl (C=O) groups is 1. The third-order valence-electron chi connectivity index (χ3n) is 9.30. The van der Waals surface area contributed by atoms with Gasteiger partial charge in [-0.3, -0.25) is 19.2 Å². The van der Waals surface area contributed by atoms with Crippen molar-refractivity contribution in [2.75, 3.05) is 25.5 Å². The number of fused-ring (bicyclic) bond motifs is 2. The highest BCUT2D eigenvalue weighted by Gasteiger charge is 2.30. The maximum atomic E-state index is 14.0. The zero-order valence-electron chi connectivity index (χ0n) is 27.5. The van der Waals surface area contributed by atoms with Gasteiger partial charge in [0.25, 0.3) is 12.0 Å². The molecule has 0 saturated heterocycles. The van der Waals surface area contributed by atoms with Crippen LogP contribution < -0.4 is 10.5 Å². The number of pyridine rings is 2. The van der Waals surface area contributed by atoms with E-state index in [0.717, 1.165) is 31.2 Å². The molecule has 1 saturated carbocycles. The first-order valence-electron chi connectivity index (χ1n) is 15.9. The third-order valence-corrected chi connectivity index (χ3v) is 10.5. The van der Waals surface area contributed by atoms with Crippen LogP contribution in [-0.4, -0.2) is 74.6 Å². The Balaban J connectivity index is 1.31. The Kier molecular flexibility index (Phi) is 10.1. The number of thiophene rings is 1. The number of hydrogen-bond donors (Lipinski definition) is 1. The third kappa shape index (κ3) is 6.77. The molecule has 0 spiro atoms.